The highest BCUT2D eigenvalue weighted by atomic mass is 79.9. The first-order chi connectivity index (χ1) is 8.97. The summed E-state index contributed by atoms with van der Waals surface area (Å²) < 4.78 is 13.7. The van der Waals surface area contributed by atoms with Crippen molar-refractivity contribution >= 4 is 44.5 Å². The summed E-state index contributed by atoms with van der Waals surface area (Å²) in [6.45, 7) is 1.98. The molecule has 1 aliphatic heterocycles. The van der Waals surface area contributed by atoms with E-state index in [4.69, 9.17) is 0 Å². The normalized spacial score (nSPS) is 19.0. The average molecular weight is 347 g/mol. The van der Waals surface area contributed by atoms with Gasteiger partial charge in [0.2, 0.25) is 5.91 Å². The number of hydrogen-bond acceptors (Lipinski definition) is 4. The first-order valence-corrected chi connectivity index (χ1v) is 7.50. The van der Waals surface area contributed by atoms with Gasteiger partial charge in [-0.1, -0.05) is 11.8 Å². The Kier molecular flexibility index (Phi) is 4.57. The van der Waals surface area contributed by atoms with Crippen LogP contribution < -0.4 is 4.90 Å². The number of anilines is 1. The van der Waals surface area contributed by atoms with Gasteiger partial charge in [0.05, 0.1) is 4.47 Å². The zero-order chi connectivity index (χ0) is 14.0. The molecule has 2 rings (SSSR count). The average Bonchev–Trinajstić information content (AvgIpc) is 2.72. The molecule has 19 heavy (non-hydrogen) atoms. The Morgan fingerprint density at radius 3 is 3.05 bits per heavy atom. The number of halogens is 2. The van der Waals surface area contributed by atoms with Crippen molar-refractivity contribution < 1.29 is 14.0 Å². The second kappa shape index (κ2) is 6.00. The number of thioether (sulfide) groups is 1. The smallest absolute Gasteiger partial charge is 0.228 e. The third-order valence-electron chi connectivity index (χ3n) is 2.80. The molecule has 7 heteroatoms. The van der Waals surface area contributed by atoms with Gasteiger partial charge in [-0.2, -0.15) is 0 Å². The van der Waals surface area contributed by atoms with Crippen LogP contribution in [0.2, 0.25) is 0 Å². The summed E-state index contributed by atoms with van der Waals surface area (Å²) in [6.07, 6.45) is 1.72. The van der Waals surface area contributed by atoms with Gasteiger partial charge in [-0.25, -0.2) is 9.37 Å². The first kappa shape index (κ1) is 14.5. The van der Waals surface area contributed by atoms with Crippen LogP contribution in [-0.4, -0.2) is 28.3 Å². The molecule has 2 heterocycles. The van der Waals surface area contributed by atoms with Crippen LogP contribution in [0.15, 0.2) is 16.7 Å². The minimum atomic E-state index is -0.445. The molecule has 0 N–H and O–H groups in total. The largest absolute Gasteiger partial charge is 0.296 e. The van der Waals surface area contributed by atoms with E-state index >= 15 is 0 Å². The maximum Gasteiger partial charge on any atom is 0.228 e. The number of amides is 1. The van der Waals surface area contributed by atoms with E-state index in [1.54, 1.807) is 0 Å². The SMILES string of the molecule is CC(=O)SCC1CC(=O)N(c2cc(F)c(Br)cn2)C1. The summed E-state index contributed by atoms with van der Waals surface area (Å²) in [7, 11) is 0. The minimum absolute atomic E-state index is 0.0405. The van der Waals surface area contributed by atoms with Crippen molar-refractivity contribution in [3.05, 3.63) is 22.6 Å². The molecule has 0 saturated carbocycles. The molecule has 0 bridgehead atoms. The molecule has 1 aromatic heterocycles. The summed E-state index contributed by atoms with van der Waals surface area (Å²) in [5.74, 6) is 0.509. The molecule has 1 atom stereocenters. The van der Waals surface area contributed by atoms with Crippen molar-refractivity contribution in [3.63, 3.8) is 0 Å². The fourth-order valence-corrected chi connectivity index (χ4v) is 2.81. The van der Waals surface area contributed by atoms with Crippen molar-refractivity contribution in [2.24, 2.45) is 5.92 Å². The lowest BCUT2D eigenvalue weighted by Crippen LogP contribution is -2.25. The van der Waals surface area contributed by atoms with Gasteiger partial charge in [-0.05, 0) is 21.8 Å². The molecule has 1 amide bonds. The van der Waals surface area contributed by atoms with Crippen LogP contribution >= 0.6 is 27.7 Å². The van der Waals surface area contributed by atoms with E-state index in [0.717, 1.165) is 0 Å². The van der Waals surface area contributed by atoms with E-state index in [1.807, 2.05) is 0 Å². The predicted octanol–water partition coefficient (Wildman–Crippen LogP) is 2.62. The quantitative estimate of drug-likeness (QED) is 0.844. The molecular weight excluding hydrogens is 335 g/mol. The molecule has 102 valence electrons. The Morgan fingerprint density at radius 2 is 2.42 bits per heavy atom. The summed E-state index contributed by atoms with van der Waals surface area (Å²) >= 11 is 4.24. The van der Waals surface area contributed by atoms with Crippen molar-refractivity contribution in [3.8, 4) is 0 Å². The molecular formula is C12H12BrFN2O2S. The molecule has 1 fully saturated rings. The number of nitrogens with zero attached hydrogens (tertiary/aromatic N) is 2. The van der Waals surface area contributed by atoms with Crippen LogP contribution in [-0.2, 0) is 9.59 Å². The monoisotopic (exact) mass is 346 g/mol. The van der Waals surface area contributed by atoms with Gasteiger partial charge in [-0.3, -0.25) is 14.5 Å². The summed E-state index contributed by atoms with van der Waals surface area (Å²) in [4.78, 5) is 28.3. The third kappa shape index (κ3) is 3.54. The van der Waals surface area contributed by atoms with Crippen molar-refractivity contribution in [2.75, 3.05) is 17.2 Å². The Morgan fingerprint density at radius 1 is 1.68 bits per heavy atom. The van der Waals surface area contributed by atoms with Crippen LogP contribution in [0.1, 0.15) is 13.3 Å². The van der Waals surface area contributed by atoms with Crippen molar-refractivity contribution in [2.45, 2.75) is 13.3 Å². The lowest BCUT2D eigenvalue weighted by molar-refractivity contribution is -0.117. The molecule has 1 aromatic rings. The van der Waals surface area contributed by atoms with Crippen LogP contribution in [0.25, 0.3) is 0 Å². The van der Waals surface area contributed by atoms with Crippen LogP contribution in [0.3, 0.4) is 0 Å². The standard InChI is InChI=1S/C12H12BrFN2O2S/c1-7(17)19-6-8-2-12(18)16(5-8)11-3-10(14)9(13)4-15-11/h3-4,8H,2,5-6H2,1H3. The molecule has 1 aliphatic rings. The molecule has 1 unspecified atom stereocenters. The fraction of sp³-hybridized carbons (Fsp3) is 0.417. The first-order valence-electron chi connectivity index (χ1n) is 5.72. The number of hydrogen-bond donors (Lipinski definition) is 0. The maximum atomic E-state index is 13.4. The van der Waals surface area contributed by atoms with E-state index < -0.39 is 5.82 Å². The van der Waals surface area contributed by atoms with E-state index in [9.17, 15) is 14.0 Å². The second-order valence-electron chi connectivity index (χ2n) is 4.33. The van der Waals surface area contributed by atoms with Gasteiger partial charge in [0.15, 0.2) is 5.12 Å². The summed E-state index contributed by atoms with van der Waals surface area (Å²) in [5.41, 5.74) is 0. The van der Waals surface area contributed by atoms with Crippen LogP contribution in [0, 0.1) is 11.7 Å². The topological polar surface area (TPSA) is 50.3 Å². The van der Waals surface area contributed by atoms with Gasteiger partial charge in [0.1, 0.15) is 11.6 Å². The summed E-state index contributed by atoms with van der Waals surface area (Å²) in [6, 6.07) is 1.24. The zero-order valence-electron chi connectivity index (χ0n) is 10.2. The number of pyridine rings is 1. The van der Waals surface area contributed by atoms with Gasteiger partial charge in [-0.15, -0.1) is 0 Å². The lowest BCUT2D eigenvalue weighted by Gasteiger charge is -2.15. The highest BCUT2D eigenvalue weighted by molar-refractivity contribution is 9.10. The Bertz CT molecular complexity index is 526. The number of aromatic nitrogens is 1. The molecule has 0 radical (unpaired) electrons. The van der Waals surface area contributed by atoms with E-state index in [1.165, 1.54) is 35.8 Å². The molecule has 4 nitrogen and oxygen atoms in total. The highest BCUT2D eigenvalue weighted by Crippen LogP contribution is 2.27. The zero-order valence-corrected chi connectivity index (χ0v) is 12.6. The van der Waals surface area contributed by atoms with Gasteiger partial charge < -0.3 is 0 Å². The van der Waals surface area contributed by atoms with E-state index in [2.05, 4.69) is 20.9 Å². The van der Waals surface area contributed by atoms with Crippen molar-refractivity contribution in [1.82, 2.24) is 4.98 Å². The Labute approximate surface area is 122 Å². The Hall–Kier alpha value is -0.950. The van der Waals surface area contributed by atoms with Crippen molar-refractivity contribution in [1.29, 1.82) is 0 Å². The highest BCUT2D eigenvalue weighted by Gasteiger charge is 2.31. The minimum Gasteiger partial charge on any atom is -0.296 e. The molecule has 1 saturated heterocycles. The van der Waals surface area contributed by atoms with E-state index in [0.29, 0.717) is 24.5 Å². The molecule has 0 spiro atoms. The predicted molar refractivity (Wildman–Crippen MR) is 75.5 cm³/mol. The Balaban J connectivity index is 2.07. The van der Waals surface area contributed by atoms with Gasteiger partial charge in [0, 0.05) is 37.9 Å². The lowest BCUT2D eigenvalue weighted by atomic mass is 10.1. The summed E-state index contributed by atoms with van der Waals surface area (Å²) in [5, 5.41) is 0.0405. The van der Waals surface area contributed by atoms with Gasteiger partial charge >= 0.3 is 0 Å². The van der Waals surface area contributed by atoms with E-state index in [-0.39, 0.29) is 21.4 Å². The van der Waals surface area contributed by atoms with Gasteiger partial charge in [0.25, 0.3) is 0 Å². The second-order valence-corrected chi connectivity index (χ2v) is 6.38. The van der Waals surface area contributed by atoms with Crippen LogP contribution in [0.4, 0.5) is 10.2 Å². The molecule has 0 aliphatic carbocycles. The molecule has 0 aromatic carbocycles. The number of carbonyl (C=O) groups is 2. The third-order valence-corrected chi connectivity index (χ3v) is 4.43. The van der Waals surface area contributed by atoms with Crippen LogP contribution in [0.5, 0.6) is 0 Å². The number of carbonyl (C=O) groups excluding carboxylic acids is 2. The fourth-order valence-electron chi connectivity index (χ4n) is 1.90. The maximum absolute atomic E-state index is 13.4. The number of rotatable bonds is 3.